The van der Waals surface area contributed by atoms with Gasteiger partial charge in [0.15, 0.2) is 0 Å². The van der Waals surface area contributed by atoms with Crippen molar-refractivity contribution in [1.29, 1.82) is 5.26 Å². The van der Waals surface area contributed by atoms with E-state index in [1.807, 2.05) is 12.1 Å². The van der Waals surface area contributed by atoms with Gasteiger partial charge in [-0.05, 0) is 61.8 Å². The molecule has 1 heterocycles. The van der Waals surface area contributed by atoms with Crippen molar-refractivity contribution in [2.75, 3.05) is 13.1 Å². The Morgan fingerprint density at radius 2 is 2.22 bits per heavy atom. The van der Waals surface area contributed by atoms with Crippen LogP contribution >= 0.6 is 11.6 Å². The van der Waals surface area contributed by atoms with Gasteiger partial charge in [-0.2, -0.15) is 5.26 Å². The zero-order valence-corrected chi connectivity index (χ0v) is 16.7. The van der Waals surface area contributed by atoms with Crippen LogP contribution in [0.3, 0.4) is 0 Å². The van der Waals surface area contributed by atoms with Crippen molar-refractivity contribution >= 4 is 11.6 Å². The molecule has 142 valence electrons. The lowest BCUT2D eigenvalue weighted by Gasteiger charge is -2.38. The molecule has 3 nitrogen and oxygen atoms in total. The summed E-state index contributed by atoms with van der Waals surface area (Å²) in [7, 11) is 0. The summed E-state index contributed by atoms with van der Waals surface area (Å²) in [4.78, 5) is 2.64. The van der Waals surface area contributed by atoms with Gasteiger partial charge in [-0.25, -0.2) is 0 Å². The fraction of sp³-hybridized carbons (Fsp3) is 0.522. The highest BCUT2D eigenvalue weighted by Gasteiger charge is 2.44. The molecule has 4 rings (SSSR count). The Kier molecular flexibility index (Phi) is 5.41. The Morgan fingerprint density at radius 3 is 2.96 bits per heavy atom. The molecule has 2 N–H and O–H groups in total. The molecule has 0 amide bonds. The number of nitriles is 1. The Bertz CT molecular complexity index is 806. The van der Waals surface area contributed by atoms with Crippen LogP contribution in [0.2, 0.25) is 5.02 Å². The highest BCUT2D eigenvalue weighted by molar-refractivity contribution is 6.31. The van der Waals surface area contributed by atoms with E-state index < -0.39 is 0 Å². The van der Waals surface area contributed by atoms with E-state index in [9.17, 15) is 0 Å². The first-order valence-corrected chi connectivity index (χ1v) is 10.5. The summed E-state index contributed by atoms with van der Waals surface area (Å²) in [6.07, 6.45) is 11.4. The van der Waals surface area contributed by atoms with Gasteiger partial charge in [-0.3, -0.25) is 4.90 Å². The van der Waals surface area contributed by atoms with Gasteiger partial charge in [0.05, 0.1) is 11.6 Å². The van der Waals surface area contributed by atoms with E-state index >= 15 is 0 Å². The number of hydrogen-bond donors (Lipinski definition) is 1. The fourth-order valence-electron chi connectivity index (χ4n) is 5.32. The number of piperidine rings is 1. The second kappa shape index (κ2) is 7.80. The van der Waals surface area contributed by atoms with Crippen molar-refractivity contribution < 1.29 is 0 Å². The van der Waals surface area contributed by atoms with Crippen molar-refractivity contribution in [2.45, 2.75) is 44.7 Å². The van der Waals surface area contributed by atoms with Gasteiger partial charge in [0.1, 0.15) is 0 Å². The van der Waals surface area contributed by atoms with Crippen LogP contribution in [0.25, 0.3) is 0 Å². The van der Waals surface area contributed by atoms with E-state index in [-0.39, 0.29) is 0 Å². The highest BCUT2D eigenvalue weighted by Crippen LogP contribution is 2.47. The van der Waals surface area contributed by atoms with E-state index in [2.05, 4.69) is 36.1 Å². The van der Waals surface area contributed by atoms with E-state index in [0.29, 0.717) is 40.4 Å². The monoisotopic (exact) mass is 381 g/mol. The highest BCUT2D eigenvalue weighted by atomic mass is 35.5. The maximum atomic E-state index is 9.11. The molecule has 1 aliphatic heterocycles. The molecule has 2 unspecified atom stereocenters. The van der Waals surface area contributed by atoms with E-state index in [0.717, 1.165) is 31.5 Å². The maximum absolute atomic E-state index is 9.11. The van der Waals surface area contributed by atoms with E-state index in [1.165, 1.54) is 12.8 Å². The number of nitrogens with zero attached hydrogens (tertiary/aromatic N) is 2. The summed E-state index contributed by atoms with van der Waals surface area (Å²) >= 11 is 6.53. The zero-order chi connectivity index (χ0) is 19.0. The number of fused-ring (bicyclic) bond motifs is 1. The van der Waals surface area contributed by atoms with Crippen LogP contribution in [0.5, 0.6) is 0 Å². The SMILES string of the molecule is CC1C=CC=C2C1C[C@H](N1CCC[C@@H](N)C1)[C@H]2Cc1ccc(C#N)cc1Cl. The topological polar surface area (TPSA) is 53.0 Å². The molecule has 2 aliphatic carbocycles. The third kappa shape index (κ3) is 3.72. The molecule has 0 spiro atoms. The van der Waals surface area contributed by atoms with Crippen molar-refractivity contribution in [1.82, 2.24) is 4.90 Å². The third-order valence-electron chi connectivity index (χ3n) is 6.73. The van der Waals surface area contributed by atoms with Crippen molar-refractivity contribution in [3.05, 3.63) is 58.1 Å². The predicted molar refractivity (Wildman–Crippen MR) is 110 cm³/mol. The average molecular weight is 382 g/mol. The van der Waals surface area contributed by atoms with Crippen molar-refractivity contribution in [3.8, 4) is 6.07 Å². The van der Waals surface area contributed by atoms with Gasteiger partial charge in [0.25, 0.3) is 0 Å². The Morgan fingerprint density at radius 1 is 1.37 bits per heavy atom. The van der Waals surface area contributed by atoms with E-state index in [4.69, 9.17) is 22.6 Å². The minimum atomic E-state index is 0.296. The average Bonchev–Trinajstić information content (AvgIpc) is 3.03. The second-order valence-corrected chi connectivity index (χ2v) is 8.85. The number of rotatable bonds is 3. The lowest BCUT2D eigenvalue weighted by atomic mass is 9.81. The molecule has 4 heteroatoms. The molecule has 1 aromatic carbocycles. The molecule has 0 aromatic heterocycles. The predicted octanol–water partition coefficient (Wildman–Crippen LogP) is 4.31. The summed E-state index contributed by atoms with van der Waals surface area (Å²) in [5.41, 5.74) is 9.65. The number of nitrogens with two attached hydrogens (primary N) is 1. The molecule has 5 atom stereocenters. The zero-order valence-electron chi connectivity index (χ0n) is 15.9. The van der Waals surface area contributed by atoms with Gasteiger partial charge in [-0.15, -0.1) is 0 Å². The van der Waals surface area contributed by atoms with Crippen molar-refractivity contribution in [2.24, 2.45) is 23.5 Å². The lowest BCUT2D eigenvalue weighted by Crippen LogP contribution is -2.49. The van der Waals surface area contributed by atoms with Crippen LogP contribution < -0.4 is 5.73 Å². The van der Waals surface area contributed by atoms with Gasteiger partial charge < -0.3 is 5.73 Å². The normalized spacial score (nSPS) is 33.4. The smallest absolute Gasteiger partial charge is 0.0992 e. The minimum absolute atomic E-state index is 0.296. The quantitative estimate of drug-likeness (QED) is 0.848. The maximum Gasteiger partial charge on any atom is 0.0992 e. The molecule has 1 saturated carbocycles. The molecular weight excluding hydrogens is 354 g/mol. The molecule has 0 radical (unpaired) electrons. The summed E-state index contributed by atoms with van der Waals surface area (Å²) in [6.45, 7) is 4.49. The summed E-state index contributed by atoms with van der Waals surface area (Å²) in [6, 6.07) is 8.73. The number of benzene rings is 1. The number of halogens is 1. The number of likely N-dealkylation sites (tertiary alicyclic amines) is 1. The van der Waals surface area contributed by atoms with Crippen LogP contribution in [0, 0.1) is 29.1 Å². The minimum Gasteiger partial charge on any atom is -0.327 e. The van der Waals surface area contributed by atoms with Gasteiger partial charge >= 0.3 is 0 Å². The van der Waals surface area contributed by atoms with E-state index in [1.54, 1.807) is 11.6 Å². The third-order valence-corrected chi connectivity index (χ3v) is 7.09. The summed E-state index contributed by atoms with van der Waals surface area (Å²) in [5.74, 6) is 1.69. The molecular formula is C23H28ClN3. The van der Waals surface area contributed by atoms with Crippen molar-refractivity contribution in [3.63, 3.8) is 0 Å². The summed E-state index contributed by atoms with van der Waals surface area (Å²) < 4.78 is 0. The summed E-state index contributed by atoms with van der Waals surface area (Å²) in [5, 5.41) is 9.83. The Hall–Kier alpha value is -1.60. The number of allylic oxidation sites excluding steroid dienone is 3. The van der Waals surface area contributed by atoms with Gasteiger partial charge in [0.2, 0.25) is 0 Å². The lowest BCUT2D eigenvalue weighted by molar-refractivity contribution is 0.123. The molecule has 3 aliphatic rings. The number of hydrogen-bond acceptors (Lipinski definition) is 3. The first-order valence-electron chi connectivity index (χ1n) is 10.1. The van der Waals surface area contributed by atoms with Crippen LogP contribution in [-0.4, -0.2) is 30.1 Å². The first-order chi connectivity index (χ1) is 13.1. The standard InChI is InChI=1S/C23H28ClN3/c1-15-4-2-6-19-20(15)12-23(27-9-3-5-18(26)14-27)21(19)11-17-8-7-16(13-25)10-22(17)24/h2,4,6-8,10,15,18,20-21,23H,3,5,9,11-12,14,26H2,1H3/t15?,18-,20?,21+,23+/m1/s1. The van der Waals surface area contributed by atoms with Crippen LogP contribution in [0.1, 0.15) is 37.3 Å². The molecule has 1 saturated heterocycles. The van der Waals surface area contributed by atoms with Gasteiger partial charge in [-0.1, -0.05) is 48.4 Å². The Labute approximate surface area is 167 Å². The van der Waals surface area contributed by atoms with Crippen LogP contribution in [0.4, 0.5) is 0 Å². The second-order valence-electron chi connectivity index (χ2n) is 8.45. The molecule has 2 fully saturated rings. The molecule has 0 bridgehead atoms. The molecule has 27 heavy (non-hydrogen) atoms. The fourth-order valence-corrected chi connectivity index (χ4v) is 5.58. The van der Waals surface area contributed by atoms with Crippen LogP contribution in [-0.2, 0) is 6.42 Å². The largest absolute Gasteiger partial charge is 0.327 e. The molecule has 1 aromatic rings. The van der Waals surface area contributed by atoms with Crippen LogP contribution in [0.15, 0.2) is 42.0 Å². The van der Waals surface area contributed by atoms with Gasteiger partial charge in [0, 0.05) is 29.6 Å². The first kappa shape index (κ1) is 18.7. The Balaban J connectivity index is 1.64.